The lowest BCUT2D eigenvalue weighted by molar-refractivity contribution is -0.138. The van der Waals surface area contributed by atoms with E-state index >= 15 is 0 Å². The molecule has 0 bridgehead atoms. The number of amides is 1. The number of rotatable bonds is 9. The molecule has 30 heavy (non-hydrogen) atoms. The summed E-state index contributed by atoms with van der Waals surface area (Å²) in [5, 5.41) is 0. The van der Waals surface area contributed by atoms with Crippen LogP contribution in [0.5, 0.6) is 0 Å². The minimum absolute atomic E-state index is 0.0377. The molecule has 0 atom stereocenters. The molecule has 2 aromatic rings. The normalized spacial score (nSPS) is 15.8. The molecule has 3 rings (SSSR count). The van der Waals surface area contributed by atoms with Gasteiger partial charge in [0.15, 0.2) is 0 Å². The van der Waals surface area contributed by atoms with Gasteiger partial charge in [0.1, 0.15) is 6.61 Å². The zero-order valence-electron chi connectivity index (χ0n) is 17.2. The number of hydrogen-bond acceptors (Lipinski definition) is 4. The van der Waals surface area contributed by atoms with E-state index in [9.17, 15) is 18.0 Å². The average molecular weight is 427 g/mol. The molecular weight excluding hydrogens is 399 g/mol. The van der Waals surface area contributed by atoms with Crippen LogP contribution in [-0.2, 0) is 20.4 Å². The summed E-state index contributed by atoms with van der Waals surface area (Å²) in [5.74, 6) is -0.0488. The number of piperidine rings is 1. The van der Waals surface area contributed by atoms with Gasteiger partial charge in [-0.1, -0.05) is 13.3 Å². The topological polar surface area (TPSA) is 56.6 Å². The summed E-state index contributed by atoms with van der Waals surface area (Å²) in [7, 11) is 0. The summed E-state index contributed by atoms with van der Waals surface area (Å²) in [5.41, 5.74) is 0.313. The van der Waals surface area contributed by atoms with Gasteiger partial charge >= 0.3 is 6.18 Å². The Morgan fingerprint density at radius 2 is 1.90 bits per heavy atom. The molecule has 0 N–H and O–H groups in total. The van der Waals surface area contributed by atoms with Crippen molar-refractivity contribution in [2.24, 2.45) is 0 Å². The van der Waals surface area contributed by atoms with E-state index in [2.05, 4.69) is 11.9 Å². The monoisotopic (exact) mass is 427 g/mol. The molecule has 0 unspecified atom stereocenters. The molecule has 0 spiro atoms. The number of nitrogens with zero attached hydrogens (tertiary/aromatic N) is 3. The fourth-order valence-electron chi connectivity index (χ4n) is 3.61. The Bertz CT molecular complexity index is 830. The van der Waals surface area contributed by atoms with E-state index in [1.165, 1.54) is 6.07 Å². The Kier molecular flexibility index (Phi) is 7.71. The first-order valence-electron chi connectivity index (χ1n) is 10.4. The van der Waals surface area contributed by atoms with Gasteiger partial charge in [0.2, 0.25) is 5.91 Å². The van der Waals surface area contributed by atoms with Crippen molar-refractivity contribution in [3.05, 3.63) is 30.1 Å². The second kappa shape index (κ2) is 10.3. The van der Waals surface area contributed by atoms with Crippen molar-refractivity contribution in [3.63, 3.8) is 0 Å². The number of likely N-dealkylation sites (tertiary alicyclic amines) is 1. The average Bonchev–Trinajstić information content (AvgIpc) is 3.16. The van der Waals surface area contributed by atoms with Gasteiger partial charge < -0.3 is 18.9 Å². The quantitative estimate of drug-likeness (QED) is 0.567. The van der Waals surface area contributed by atoms with Crippen LogP contribution in [-0.4, -0.2) is 59.9 Å². The van der Waals surface area contributed by atoms with Crippen molar-refractivity contribution in [1.29, 1.82) is 0 Å². The van der Waals surface area contributed by atoms with E-state index in [0.29, 0.717) is 43.9 Å². The number of imidazole rings is 1. The number of alkyl halides is 3. The third-order valence-electron chi connectivity index (χ3n) is 5.35. The molecule has 1 saturated heterocycles. The largest absolute Gasteiger partial charge is 0.416 e. The van der Waals surface area contributed by atoms with E-state index in [4.69, 9.17) is 9.47 Å². The van der Waals surface area contributed by atoms with Crippen molar-refractivity contribution in [2.45, 2.75) is 44.8 Å². The molecule has 0 saturated carbocycles. The Morgan fingerprint density at radius 1 is 1.17 bits per heavy atom. The van der Waals surface area contributed by atoms with Gasteiger partial charge in [-0.25, -0.2) is 4.98 Å². The van der Waals surface area contributed by atoms with Crippen LogP contribution in [0.15, 0.2) is 24.5 Å². The SMILES string of the molecule is CCCCOCCOCC(=O)N1CCC(n2cnc3cc(C(F)(F)F)ccc32)CC1. The lowest BCUT2D eigenvalue weighted by Gasteiger charge is -2.32. The van der Waals surface area contributed by atoms with Gasteiger partial charge in [0.25, 0.3) is 0 Å². The van der Waals surface area contributed by atoms with Gasteiger partial charge in [0.05, 0.1) is 36.1 Å². The van der Waals surface area contributed by atoms with Crippen LogP contribution in [0, 0.1) is 0 Å². The first-order valence-corrected chi connectivity index (χ1v) is 10.4. The minimum Gasteiger partial charge on any atom is -0.379 e. The maximum absolute atomic E-state index is 12.9. The Labute approximate surface area is 174 Å². The summed E-state index contributed by atoms with van der Waals surface area (Å²) in [6, 6.07) is 3.73. The third kappa shape index (κ3) is 5.72. The second-order valence-electron chi connectivity index (χ2n) is 7.48. The minimum atomic E-state index is -4.38. The summed E-state index contributed by atoms with van der Waals surface area (Å²) in [4.78, 5) is 18.2. The van der Waals surface area contributed by atoms with Crippen LogP contribution < -0.4 is 0 Å². The maximum Gasteiger partial charge on any atom is 0.416 e. The first kappa shape index (κ1) is 22.6. The van der Waals surface area contributed by atoms with Gasteiger partial charge in [-0.2, -0.15) is 13.2 Å². The van der Waals surface area contributed by atoms with Gasteiger partial charge in [0, 0.05) is 25.7 Å². The van der Waals surface area contributed by atoms with Crippen molar-refractivity contribution in [2.75, 3.05) is 39.5 Å². The van der Waals surface area contributed by atoms with E-state index in [0.717, 1.165) is 37.8 Å². The van der Waals surface area contributed by atoms with Crippen LogP contribution in [0.25, 0.3) is 11.0 Å². The maximum atomic E-state index is 12.9. The molecule has 1 fully saturated rings. The number of halogens is 3. The number of unbranched alkanes of at least 4 members (excludes halogenated alkanes) is 1. The van der Waals surface area contributed by atoms with Crippen molar-refractivity contribution in [1.82, 2.24) is 14.5 Å². The number of benzene rings is 1. The molecular formula is C21H28F3N3O3. The molecule has 0 radical (unpaired) electrons. The van der Waals surface area contributed by atoms with Crippen molar-refractivity contribution >= 4 is 16.9 Å². The predicted molar refractivity (Wildman–Crippen MR) is 106 cm³/mol. The molecule has 1 aromatic carbocycles. The first-order chi connectivity index (χ1) is 14.4. The van der Waals surface area contributed by atoms with Crippen LogP contribution in [0.3, 0.4) is 0 Å². The zero-order chi connectivity index (χ0) is 21.6. The van der Waals surface area contributed by atoms with Gasteiger partial charge in [-0.3, -0.25) is 4.79 Å². The van der Waals surface area contributed by atoms with Crippen LogP contribution in [0.4, 0.5) is 13.2 Å². The lowest BCUT2D eigenvalue weighted by Crippen LogP contribution is -2.41. The molecule has 1 aliphatic rings. The number of ether oxygens (including phenoxy) is 2. The van der Waals surface area contributed by atoms with Crippen LogP contribution in [0.1, 0.15) is 44.2 Å². The highest BCUT2D eigenvalue weighted by molar-refractivity contribution is 5.78. The number of carbonyl (C=O) groups excluding carboxylic acids is 1. The predicted octanol–water partition coefficient (Wildman–Crippen LogP) is 4.05. The number of carbonyl (C=O) groups is 1. The Balaban J connectivity index is 1.47. The second-order valence-corrected chi connectivity index (χ2v) is 7.48. The summed E-state index contributed by atoms with van der Waals surface area (Å²) in [6.07, 6.45) is 0.751. The highest BCUT2D eigenvalue weighted by Gasteiger charge is 2.31. The molecule has 6 nitrogen and oxygen atoms in total. The third-order valence-corrected chi connectivity index (χ3v) is 5.35. The van der Waals surface area contributed by atoms with E-state index in [-0.39, 0.29) is 18.6 Å². The molecule has 1 amide bonds. The Hall–Kier alpha value is -2.13. The molecule has 1 aromatic heterocycles. The fourth-order valence-corrected chi connectivity index (χ4v) is 3.61. The number of hydrogen-bond donors (Lipinski definition) is 0. The molecule has 166 valence electrons. The summed E-state index contributed by atoms with van der Waals surface area (Å²) in [6.45, 7) is 4.89. The zero-order valence-corrected chi connectivity index (χ0v) is 17.2. The summed E-state index contributed by atoms with van der Waals surface area (Å²) >= 11 is 0. The van der Waals surface area contributed by atoms with Crippen LogP contribution in [0.2, 0.25) is 0 Å². The fraction of sp³-hybridized carbons (Fsp3) is 0.619. The van der Waals surface area contributed by atoms with Crippen molar-refractivity contribution < 1.29 is 27.4 Å². The molecule has 0 aliphatic carbocycles. The Morgan fingerprint density at radius 3 is 2.60 bits per heavy atom. The van der Waals surface area contributed by atoms with E-state index < -0.39 is 11.7 Å². The highest BCUT2D eigenvalue weighted by Crippen LogP contribution is 2.33. The molecule has 1 aliphatic heterocycles. The standard InChI is InChI=1S/C21H28F3N3O3/c1-2-3-10-29-11-12-30-14-20(28)26-8-6-17(7-9-26)27-15-25-18-13-16(21(22,23)24)4-5-19(18)27/h4-5,13,15,17H,2-3,6-12,14H2,1H3. The van der Waals surface area contributed by atoms with Crippen LogP contribution >= 0.6 is 0 Å². The van der Waals surface area contributed by atoms with E-state index in [1.54, 1.807) is 11.2 Å². The van der Waals surface area contributed by atoms with Crippen molar-refractivity contribution in [3.8, 4) is 0 Å². The summed E-state index contributed by atoms with van der Waals surface area (Å²) < 4.78 is 51.4. The van der Waals surface area contributed by atoms with Gasteiger partial charge in [-0.15, -0.1) is 0 Å². The molecule has 9 heteroatoms. The highest BCUT2D eigenvalue weighted by atomic mass is 19.4. The van der Waals surface area contributed by atoms with E-state index in [1.807, 2.05) is 4.57 Å². The number of fused-ring (bicyclic) bond motifs is 1. The lowest BCUT2D eigenvalue weighted by atomic mass is 10.0. The number of aromatic nitrogens is 2. The molecule has 2 heterocycles. The van der Waals surface area contributed by atoms with Gasteiger partial charge in [-0.05, 0) is 37.5 Å². The smallest absolute Gasteiger partial charge is 0.379 e.